The van der Waals surface area contributed by atoms with E-state index in [9.17, 15) is 4.79 Å². The van der Waals surface area contributed by atoms with Crippen LogP contribution in [0.5, 0.6) is 5.75 Å². The average molecular weight is 380 g/mol. The Morgan fingerprint density at radius 3 is 2.21 bits per heavy atom. The maximum Gasteiger partial charge on any atom is 0.311 e. The lowest BCUT2D eigenvalue weighted by Crippen LogP contribution is -2.37. The number of esters is 1. The van der Waals surface area contributed by atoms with Crippen molar-refractivity contribution in [1.82, 2.24) is 0 Å². The van der Waals surface area contributed by atoms with Gasteiger partial charge in [0.1, 0.15) is 5.75 Å². The molecule has 0 unspecified atom stereocenters. The molecule has 148 valence electrons. The Balaban J connectivity index is 1.98. The molecule has 0 aromatic heterocycles. The number of hydrogen-bond donors (Lipinski definition) is 0. The van der Waals surface area contributed by atoms with Crippen molar-refractivity contribution in [2.24, 2.45) is 11.8 Å². The van der Waals surface area contributed by atoms with Gasteiger partial charge in [-0.1, -0.05) is 54.6 Å². The van der Waals surface area contributed by atoms with E-state index >= 15 is 0 Å². The predicted molar refractivity (Wildman–Crippen MR) is 109 cm³/mol. The first-order valence-corrected chi connectivity index (χ1v) is 9.71. The highest BCUT2D eigenvalue weighted by molar-refractivity contribution is 5.73. The second-order valence-corrected chi connectivity index (χ2v) is 7.21. The van der Waals surface area contributed by atoms with Crippen LogP contribution in [0.4, 0.5) is 0 Å². The van der Waals surface area contributed by atoms with Crippen molar-refractivity contribution in [2.75, 3.05) is 13.7 Å². The smallest absolute Gasteiger partial charge is 0.311 e. The summed E-state index contributed by atoms with van der Waals surface area (Å²) in [6, 6.07) is 17.8. The minimum Gasteiger partial charge on any atom is -0.497 e. The fourth-order valence-corrected chi connectivity index (χ4v) is 3.86. The number of rotatable bonds is 6. The first-order chi connectivity index (χ1) is 13.5. The molecule has 1 aliphatic rings. The van der Waals surface area contributed by atoms with Gasteiger partial charge in [-0.05, 0) is 43.5 Å². The van der Waals surface area contributed by atoms with Gasteiger partial charge in [0, 0.05) is 5.92 Å². The topological polar surface area (TPSA) is 44.8 Å². The Kier molecular flexibility index (Phi) is 6.53. The zero-order valence-electron chi connectivity index (χ0n) is 16.8. The number of hydrogen-bond acceptors (Lipinski definition) is 4. The lowest BCUT2D eigenvalue weighted by atomic mass is 9.76. The molecule has 2 aromatic carbocycles. The fraction of sp³-hybridized carbons (Fsp3) is 0.375. The highest BCUT2D eigenvalue weighted by atomic mass is 16.5. The van der Waals surface area contributed by atoms with Crippen LogP contribution in [0.2, 0.25) is 0 Å². The molecule has 0 bridgehead atoms. The van der Waals surface area contributed by atoms with Crippen LogP contribution >= 0.6 is 0 Å². The van der Waals surface area contributed by atoms with Gasteiger partial charge in [-0.25, -0.2) is 0 Å². The number of carbonyl (C=O) groups excluding carboxylic acids is 1. The lowest BCUT2D eigenvalue weighted by molar-refractivity contribution is -0.169. The number of carbonyl (C=O) groups is 1. The van der Waals surface area contributed by atoms with Crippen LogP contribution in [0.1, 0.15) is 43.6 Å². The second-order valence-electron chi connectivity index (χ2n) is 7.21. The van der Waals surface area contributed by atoms with Crippen LogP contribution in [0.25, 0.3) is 0 Å². The van der Waals surface area contributed by atoms with E-state index in [-0.39, 0.29) is 30.0 Å². The van der Waals surface area contributed by atoms with Crippen molar-refractivity contribution < 1.29 is 19.0 Å². The van der Waals surface area contributed by atoms with Crippen LogP contribution in [0, 0.1) is 11.8 Å². The van der Waals surface area contributed by atoms with Crippen molar-refractivity contribution >= 4 is 5.97 Å². The SMILES string of the molecule is C=C(C)[C@@H]1C[C@H](C(=O)OCC)[C@@H](c2ccccc2)O[C@H]1c1ccc(OC)cc1. The van der Waals surface area contributed by atoms with Crippen molar-refractivity contribution in [1.29, 1.82) is 0 Å². The number of methoxy groups -OCH3 is 1. The number of ether oxygens (including phenoxy) is 3. The zero-order valence-corrected chi connectivity index (χ0v) is 16.8. The maximum atomic E-state index is 12.7. The molecule has 4 nitrogen and oxygen atoms in total. The molecule has 0 amide bonds. The summed E-state index contributed by atoms with van der Waals surface area (Å²) in [5.41, 5.74) is 3.04. The summed E-state index contributed by atoms with van der Waals surface area (Å²) < 4.78 is 17.2. The van der Waals surface area contributed by atoms with Crippen molar-refractivity contribution in [2.45, 2.75) is 32.5 Å². The van der Waals surface area contributed by atoms with Gasteiger partial charge in [-0.3, -0.25) is 4.79 Å². The molecule has 1 heterocycles. The second kappa shape index (κ2) is 9.07. The molecule has 0 saturated carbocycles. The first-order valence-electron chi connectivity index (χ1n) is 9.71. The maximum absolute atomic E-state index is 12.7. The van der Waals surface area contributed by atoms with Crippen molar-refractivity contribution in [3.05, 3.63) is 77.9 Å². The van der Waals surface area contributed by atoms with E-state index in [1.165, 1.54) is 0 Å². The Hall–Kier alpha value is -2.59. The van der Waals surface area contributed by atoms with E-state index in [1.54, 1.807) is 7.11 Å². The predicted octanol–water partition coefficient (Wildman–Crippen LogP) is 5.27. The van der Waals surface area contributed by atoms with E-state index in [0.717, 1.165) is 22.4 Å². The lowest BCUT2D eigenvalue weighted by Gasteiger charge is -2.41. The molecule has 1 fully saturated rings. The first kappa shape index (κ1) is 20.2. The van der Waals surface area contributed by atoms with Gasteiger partial charge < -0.3 is 14.2 Å². The quantitative estimate of drug-likeness (QED) is 0.506. The Morgan fingerprint density at radius 1 is 1.04 bits per heavy atom. The molecule has 3 rings (SSSR count). The van der Waals surface area contributed by atoms with Crippen LogP contribution in [-0.2, 0) is 14.3 Å². The molecule has 2 aromatic rings. The molecule has 0 aliphatic carbocycles. The van der Waals surface area contributed by atoms with E-state index in [1.807, 2.05) is 68.4 Å². The van der Waals surface area contributed by atoms with E-state index in [2.05, 4.69) is 6.58 Å². The van der Waals surface area contributed by atoms with Crippen molar-refractivity contribution in [3.8, 4) is 5.75 Å². The molecule has 28 heavy (non-hydrogen) atoms. The van der Waals surface area contributed by atoms with Crippen molar-refractivity contribution in [3.63, 3.8) is 0 Å². The summed E-state index contributed by atoms with van der Waals surface area (Å²) in [4.78, 5) is 12.7. The summed E-state index contributed by atoms with van der Waals surface area (Å²) in [7, 11) is 1.65. The van der Waals surface area contributed by atoms with Crippen LogP contribution in [0.3, 0.4) is 0 Å². The Labute approximate surface area is 167 Å². The highest BCUT2D eigenvalue weighted by Crippen LogP contribution is 2.48. The highest BCUT2D eigenvalue weighted by Gasteiger charge is 2.43. The standard InChI is InChI=1S/C24H28O4/c1-5-27-24(25)21-15-20(16(2)3)22(18-11-13-19(26-4)14-12-18)28-23(21)17-9-7-6-8-10-17/h6-14,20-23H,2,5,15H2,1,3-4H3/t20-,21-,22-,23+/m0/s1. The monoisotopic (exact) mass is 380 g/mol. The van der Waals surface area contributed by atoms with Gasteiger partial charge in [-0.2, -0.15) is 0 Å². The molecule has 4 heteroatoms. The van der Waals surface area contributed by atoms with Gasteiger partial charge in [0.2, 0.25) is 0 Å². The molecule has 1 saturated heterocycles. The van der Waals surface area contributed by atoms with Gasteiger partial charge >= 0.3 is 5.97 Å². The summed E-state index contributed by atoms with van der Waals surface area (Å²) in [6.45, 7) is 8.35. The largest absolute Gasteiger partial charge is 0.497 e. The molecule has 0 radical (unpaired) electrons. The molecule has 1 aliphatic heterocycles. The van der Waals surface area contributed by atoms with Crippen LogP contribution in [0.15, 0.2) is 66.7 Å². The van der Waals surface area contributed by atoms with Crippen LogP contribution < -0.4 is 4.74 Å². The third-order valence-corrected chi connectivity index (χ3v) is 5.33. The van der Waals surface area contributed by atoms with Gasteiger partial charge in [0.15, 0.2) is 0 Å². The normalized spacial score (nSPS) is 24.4. The van der Waals surface area contributed by atoms with Gasteiger partial charge in [0.25, 0.3) is 0 Å². The Bertz CT molecular complexity index is 797. The minimum absolute atomic E-state index is 0.0303. The van der Waals surface area contributed by atoms with E-state index in [0.29, 0.717) is 13.0 Å². The Morgan fingerprint density at radius 2 is 1.64 bits per heavy atom. The number of benzene rings is 2. The zero-order chi connectivity index (χ0) is 20.1. The molecule has 0 N–H and O–H groups in total. The summed E-state index contributed by atoms with van der Waals surface area (Å²) in [5.74, 6) is 0.257. The van der Waals surface area contributed by atoms with Gasteiger partial charge in [0.05, 0.1) is 31.8 Å². The van der Waals surface area contributed by atoms with Crippen LogP contribution in [-0.4, -0.2) is 19.7 Å². The van der Waals surface area contributed by atoms with Gasteiger partial charge in [-0.15, -0.1) is 0 Å². The molecule has 4 atom stereocenters. The fourth-order valence-electron chi connectivity index (χ4n) is 3.86. The average Bonchev–Trinajstić information content (AvgIpc) is 2.73. The molecule has 0 spiro atoms. The molecular formula is C24H28O4. The van der Waals surface area contributed by atoms with E-state index < -0.39 is 0 Å². The summed E-state index contributed by atoms with van der Waals surface area (Å²) in [6.07, 6.45) is 0.104. The van der Waals surface area contributed by atoms with E-state index in [4.69, 9.17) is 14.2 Å². The third-order valence-electron chi connectivity index (χ3n) is 5.33. The third kappa shape index (κ3) is 4.28. The molecular weight excluding hydrogens is 352 g/mol. The summed E-state index contributed by atoms with van der Waals surface area (Å²) >= 11 is 0. The summed E-state index contributed by atoms with van der Waals surface area (Å²) in [5, 5.41) is 0. The minimum atomic E-state index is -0.362.